The molecule has 31 heavy (non-hydrogen) atoms. The number of thiophene rings is 1. The van der Waals surface area contributed by atoms with Crippen LogP contribution in [0.25, 0.3) is 0 Å². The first-order chi connectivity index (χ1) is 14.9. The zero-order valence-corrected chi connectivity index (χ0v) is 19.4. The number of amides is 2. The Morgan fingerprint density at radius 3 is 2.71 bits per heavy atom. The summed E-state index contributed by atoms with van der Waals surface area (Å²) in [5, 5.41) is 13.9. The van der Waals surface area contributed by atoms with Crippen LogP contribution in [-0.4, -0.2) is 56.2 Å². The maximum atomic E-state index is 13.2. The zero-order chi connectivity index (χ0) is 22.0. The minimum Gasteiger partial charge on any atom is -0.378 e. The van der Waals surface area contributed by atoms with Gasteiger partial charge in [-0.2, -0.15) is 0 Å². The second kappa shape index (κ2) is 9.07. The second-order valence-corrected chi connectivity index (χ2v) is 10.0. The highest BCUT2D eigenvalue weighted by Gasteiger charge is 2.44. The largest absolute Gasteiger partial charge is 0.378 e. The highest BCUT2D eigenvalue weighted by atomic mass is 79.9. The Hall–Kier alpha value is -2.27. The number of halogens is 1. The molecule has 8 nitrogen and oxygen atoms in total. The summed E-state index contributed by atoms with van der Waals surface area (Å²) in [6.07, 6.45) is 0.402. The van der Waals surface area contributed by atoms with Gasteiger partial charge in [0.2, 0.25) is 0 Å². The Balaban J connectivity index is 1.49. The Morgan fingerprint density at radius 1 is 1.23 bits per heavy atom. The predicted octanol–water partition coefficient (Wildman–Crippen LogP) is 3.16. The maximum Gasteiger partial charge on any atom is 0.262 e. The SMILES string of the molecule is Cc1cc(NC(=O)C2(NC(=O)c3ccc(Br)s3)CCOC2)ccc1N1CCOCC1=N. The van der Waals surface area contributed by atoms with Crippen LogP contribution >= 0.6 is 27.3 Å². The van der Waals surface area contributed by atoms with Crippen LogP contribution in [0.1, 0.15) is 21.7 Å². The first-order valence-corrected chi connectivity index (χ1v) is 11.5. The number of ether oxygens (including phenoxy) is 2. The highest BCUT2D eigenvalue weighted by molar-refractivity contribution is 9.11. The Labute approximate surface area is 192 Å². The molecule has 0 spiro atoms. The number of carbonyl (C=O) groups excluding carboxylic acids is 2. The molecule has 1 unspecified atom stereocenters. The predicted molar refractivity (Wildman–Crippen MR) is 123 cm³/mol. The monoisotopic (exact) mass is 506 g/mol. The first kappa shape index (κ1) is 21.9. The molecule has 2 aliphatic heterocycles. The van der Waals surface area contributed by atoms with Crippen LogP contribution in [0.2, 0.25) is 0 Å². The molecule has 164 valence electrons. The van der Waals surface area contributed by atoms with Gasteiger partial charge in [0, 0.05) is 30.9 Å². The van der Waals surface area contributed by atoms with Gasteiger partial charge in [-0.25, -0.2) is 0 Å². The van der Waals surface area contributed by atoms with Gasteiger partial charge < -0.3 is 25.0 Å². The van der Waals surface area contributed by atoms with E-state index in [-0.39, 0.29) is 18.4 Å². The number of amidine groups is 1. The number of anilines is 2. The van der Waals surface area contributed by atoms with Crippen LogP contribution in [0.3, 0.4) is 0 Å². The molecular weight excluding hydrogens is 484 g/mol. The van der Waals surface area contributed by atoms with E-state index in [0.29, 0.717) is 49.2 Å². The molecule has 4 rings (SSSR count). The average molecular weight is 507 g/mol. The summed E-state index contributed by atoms with van der Waals surface area (Å²) in [4.78, 5) is 28.3. The molecule has 1 atom stereocenters. The number of nitrogens with zero attached hydrogens (tertiary/aromatic N) is 1. The van der Waals surface area contributed by atoms with Gasteiger partial charge >= 0.3 is 0 Å². The molecule has 2 amide bonds. The van der Waals surface area contributed by atoms with Crippen molar-refractivity contribution in [2.45, 2.75) is 18.9 Å². The van der Waals surface area contributed by atoms with Crippen LogP contribution in [0.4, 0.5) is 11.4 Å². The molecule has 3 N–H and O–H groups in total. The van der Waals surface area contributed by atoms with Gasteiger partial charge in [-0.15, -0.1) is 11.3 Å². The molecule has 0 aliphatic carbocycles. The van der Waals surface area contributed by atoms with Crippen molar-refractivity contribution in [2.24, 2.45) is 0 Å². The molecule has 1 aromatic heterocycles. The normalized spacial score (nSPS) is 21.2. The summed E-state index contributed by atoms with van der Waals surface area (Å²) >= 11 is 4.67. The van der Waals surface area contributed by atoms with Gasteiger partial charge in [0.15, 0.2) is 0 Å². The Morgan fingerprint density at radius 2 is 2.06 bits per heavy atom. The number of hydrogen-bond donors (Lipinski definition) is 3. The third kappa shape index (κ3) is 4.67. The highest BCUT2D eigenvalue weighted by Crippen LogP contribution is 2.28. The van der Waals surface area contributed by atoms with E-state index in [4.69, 9.17) is 14.9 Å². The van der Waals surface area contributed by atoms with E-state index in [1.54, 1.807) is 12.1 Å². The van der Waals surface area contributed by atoms with Crippen LogP contribution in [0, 0.1) is 12.3 Å². The van der Waals surface area contributed by atoms with Gasteiger partial charge in [-0.3, -0.25) is 15.0 Å². The van der Waals surface area contributed by atoms with Gasteiger partial charge in [-0.1, -0.05) is 0 Å². The van der Waals surface area contributed by atoms with Crippen LogP contribution in [-0.2, 0) is 14.3 Å². The van der Waals surface area contributed by atoms with Crippen molar-refractivity contribution in [3.05, 3.63) is 44.6 Å². The molecule has 0 radical (unpaired) electrons. The zero-order valence-electron chi connectivity index (χ0n) is 17.0. The lowest BCUT2D eigenvalue weighted by Crippen LogP contribution is -2.57. The summed E-state index contributed by atoms with van der Waals surface area (Å²) in [5.41, 5.74) is 1.37. The van der Waals surface area contributed by atoms with Crippen molar-refractivity contribution in [1.82, 2.24) is 5.32 Å². The fourth-order valence-corrected chi connectivity index (χ4v) is 4.99. The van der Waals surface area contributed by atoms with E-state index >= 15 is 0 Å². The summed E-state index contributed by atoms with van der Waals surface area (Å²) < 4.78 is 11.6. The average Bonchev–Trinajstić information content (AvgIpc) is 3.39. The van der Waals surface area contributed by atoms with E-state index in [0.717, 1.165) is 15.0 Å². The lowest BCUT2D eigenvalue weighted by atomic mass is 9.96. The van der Waals surface area contributed by atoms with Gasteiger partial charge in [0.25, 0.3) is 11.8 Å². The van der Waals surface area contributed by atoms with E-state index in [2.05, 4.69) is 26.6 Å². The number of hydrogen-bond acceptors (Lipinski definition) is 6. The third-order valence-corrected chi connectivity index (χ3v) is 7.00. The summed E-state index contributed by atoms with van der Waals surface area (Å²) in [6.45, 7) is 3.96. The fourth-order valence-electron chi connectivity index (χ4n) is 3.70. The molecule has 2 aromatic rings. The van der Waals surface area contributed by atoms with Crippen LogP contribution in [0.5, 0.6) is 0 Å². The molecule has 2 aliphatic rings. The third-order valence-electron chi connectivity index (χ3n) is 5.38. The lowest BCUT2D eigenvalue weighted by molar-refractivity contribution is -0.122. The lowest BCUT2D eigenvalue weighted by Gasteiger charge is -2.31. The first-order valence-electron chi connectivity index (χ1n) is 9.88. The molecule has 1 aromatic carbocycles. The molecule has 2 fully saturated rings. The van der Waals surface area contributed by atoms with Crippen molar-refractivity contribution < 1.29 is 19.1 Å². The number of nitrogens with one attached hydrogen (secondary N) is 3. The number of rotatable bonds is 5. The molecule has 10 heteroatoms. The smallest absolute Gasteiger partial charge is 0.262 e. The van der Waals surface area contributed by atoms with Crippen LogP contribution in [0.15, 0.2) is 34.1 Å². The topological polar surface area (TPSA) is 104 Å². The van der Waals surface area contributed by atoms with E-state index in [9.17, 15) is 9.59 Å². The number of benzene rings is 1. The number of carbonyl (C=O) groups is 2. The van der Waals surface area contributed by atoms with E-state index in [1.165, 1.54) is 11.3 Å². The van der Waals surface area contributed by atoms with Gasteiger partial charge in [0.1, 0.15) is 18.0 Å². The van der Waals surface area contributed by atoms with Crippen molar-refractivity contribution in [2.75, 3.05) is 43.2 Å². The summed E-state index contributed by atoms with van der Waals surface area (Å²) in [5.74, 6) is -0.190. The van der Waals surface area contributed by atoms with Crippen molar-refractivity contribution in [3.8, 4) is 0 Å². The molecule has 3 heterocycles. The quantitative estimate of drug-likeness (QED) is 0.577. The van der Waals surface area contributed by atoms with Gasteiger partial charge in [-0.05, 0) is 58.7 Å². The van der Waals surface area contributed by atoms with Crippen molar-refractivity contribution in [3.63, 3.8) is 0 Å². The van der Waals surface area contributed by atoms with Crippen LogP contribution < -0.4 is 15.5 Å². The molecule has 0 bridgehead atoms. The number of morpholine rings is 1. The van der Waals surface area contributed by atoms with E-state index in [1.807, 2.05) is 30.0 Å². The molecular formula is C21H23BrN4O4S. The molecule has 0 saturated carbocycles. The van der Waals surface area contributed by atoms with Gasteiger partial charge in [0.05, 0.1) is 21.9 Å². The summed E-state index contributed by atoms with van der Waals surface area (Å²) in [6, 6.07) is 9.10. The Bertz CT molecular complexity index is 1020. The van der Waals surface area contributed by atoms with Crippen molar-refractivity contribution in [1.29, 1.82) is 5.41 Å². The standard InChI is InChI=1S/C21H23BrN4O4S/c1-13-10-14(2-3-15(13)26-7-9-29-11-18(26)23)24-20(28)21(6-8-30-12-21)25-19(27)16-4-5-17(22)31-16/h2-5,10,23H,6-9,11-12H2,1H3,(H,24,28)(H,25,27). The summed E-state index contributed by atoms with van der Waals surface area (Å²) in [7, 11) is 0. The fraction of sp³-hybridized carbons (Fsp3) is 0.381. The maximum absolute atomic E-state index is 13.2. The molecule has 2 saturated heterocycles. The minimum absolute atomic E-state index is 0.124. The minimum atomic E-state index is -1.12. The van der Waals surface area contributed by atoms with E-state index < -0.39 is 5.54 Å². The second-order valence-electron chi connectivity index (χ2n) is 7.55. The Kier molecular flexibility index (Phi) is 6.42. The van der Waals surface area contributed by atoms with Crippen molar-refractivity contribution >= 4 is 56.3 Å². The number of aryl methyl sites for hydroxylation is 1.